The first kappa shape index (κ1) is 30.8. The molecule has 0 saturated heterocycles. The van der Waals surface area contributed by atoms with Crippen molar-refractivity contribution < 1.29 is 9.53 Å². The molecule has 1 amide bonds. The second-order valence-electron chi connectivity index (χ2n) is 7.75. The number of ether oxygens (including phenoxy) is 1. The monoisotopic (exact) mass is 641 g/mol. The Hall–Kier alpha value is -3.41. The summed E-state index contributed by atoms with van der Waals surface area (Å²) in [6, 6.07) is 17.4. The molecule has 2 heterocycles. The fraction of sp³-hybridized carbons (Fsp3) is 0.207. The lowest BCUT2D eigenvalue weighted by atomic mass is 10.1. The smallest absolute Gasteiger partial charge is 0.250 e. The van der Waals surface area contributed by atoms with Gasteiger partial charge in [0.25, 0.3) is 5.91 Å². The van der Waals surface area contributed by atoms with E-state index in [1.807, 2.05) is 67.7 Å². The number of nitrogens with two attached hydrogens (primary N) is 1. The third-order valence-electron chi connectivity index (χ3n) is 4.99. The van der Waals surface area contributed by atoms with Crippen molar-refractivity contribution in [2.75, 3.05) is 12.4 Å². The lowest BCUT2D eigenvalue weighted by molar-refractivity contribution is 0.100. The summed E-state index contributed by atoms with van der Waals surface area (Å²) in [6.07, 6.45) is 6.82. The molecule has 7 nitrogen and oxygen atoms in total. The fourth-order valence-electron chi connectivity index (χ4n) is 3.59. The normalized spacial score (nSPS) is 10.3. The lowest BCUT2D eigenvalue weighted by Gasteiger charge is -2.10. The minimum atomic E-state index is -0.463. The number of nitrogens with one attached hydrogen (secondary N) is 1. The number of rotatable bonds is 6. The zero-order valence-electron chi connectivity index (χ0n) is 22.5. The van der Waals surface area contributed by atoms with E-state index < -0.39 is 5.91 Å². The number of methoxy groups -OCH3 is 1. The van der Waals surface area contributed by atoms with Crippen LogP contribution >= 0.6 is 28.4 Å². The maximum Gasteiger partial charge on any atom is 0.250 e. The molecule has 1 unspecified atom stereocenters. The number of carbonyl (C=O) groups excluding carboxylic acids is 1. The van der Waals surface area contributed by atoms with E-state index in [0.29, 0.717) is 17.6 Å². The van der Waals surface area contributed by atoms with Crippen LogP contribution in [0.5, 0.6) is 0 Å². The van der Waals surface area contributed by atoms with Crippen LogP contribution in [0.25, 0.3) is 23.1 Å². The molecule has 4 rings (SSSR count). The van der Waals surface area contributed by atoms with Crippen molar-refractivity contribution in [3.63, 3.8) is 0 Å². The van der Waals surface area contributed by atoms with Gasteiger partial charge in [-0.3, -0.25) is 9.78 Å². The molecule has 0 fully saturated rings. The Balaban J connectivity index is 0.000000651. The van der Waals surface area contributed by atoms with Gasteiger partial charge < -0.3 is 15.8 Å². The van der Waals surface area contributed by atoms with Gasteiger partial charge in [0.05, 0.1) is 41.6 Å². The Morgan fingerprint density at radius 1 is 1.13 bits per heavy atom. The molecule has 38 heavy (non-hydrogen) atoms. The van der Waals surface area contributed by atoms with Crippen LogP contribution in [0.15, 0.2) is 54.6 Å². The summed E-state index contributed by atoms with van der Waals surface area (Å²) in [5.41, 5.74) is 12.5. The predicted octanol–water partition coefficient (Wildman–Crippen LogP) is 7.49. The topological polar surface area (TPSA) is 95.1 Å². The summed E-state index contributed by atoms with van der Waals surface area (Å²) in [5.74, 6) is 2.08. The molecule has 0 radical (unpaired) electrons. The summed E-state index contributed by atoms with van der Waals surface area (Å²) in [6.45, 7) is 9.79. The summed E-state index contributed by atoms with van der Waals surface area (Å²) in [7, 11) is 1.54. The van der Waals surface area contributed by atoms with Gasteiger partial charge in [0, 0.05) is 23.7 Å². The van der Waals surface area contributed by atoms with Gasteiger partial charge in [-0.1, -0.05) is 31.9 Å². The number of amides is 1. The summed E-state index contributed by atoms with van der Waals surface area (Å²) in [4.78, 5) is 16.3. The van der Waals surface area contributed by atoms with E-state index in [-0.39, 0.29) is 0 Å². The van der Waals surface area contributed by atoms with E-state index in [9.17, 15) is 4.79 Å². The van der Waals surface area contributed by atoms with Crippen molar-refractivity contribution in [2.24, 2.45) is 5.73 Å². The highest BCUT2D eigenvalue weighted by atomic mass is 127. The highest BCUT2D eigenvalue weighted by molar-refractivity contribution is 14.2. The maximum absolute atomic E-state index is 11.7. The fourth-order valence-corrected chi connectivity index (χ4v) is 5.12. The number of aryl methyl sites for hydroxylation is 2. The molecule has 4 aromatic rings. The molecule has 198 valence electrons. The van der Waals surface area contributed by atoms with Gasteiger partial charge in [-0.15, -0.1) is 0 Å². The van der Waals surface area contributed by atoms with Crippen LogP contribution in [-0.4, -0.2) is 27.6 Å². The number of halogens is 1. The first-order valence-electron chi connectivity index (χ1n) is 12.0. The second kappa shape index (κ2) is 15.8. The van der Waals surface area contributed by atoms with Gasteiger partial charge in [-0.05, 0) is 96.1 Å². The molecule has 0 aliphatic rings. The van der Waals surface area contributed by atoms with Crippen molar-refractivity contribution in [1.29, 1.82) is 0 Å². The number of primary amides is 1. The average molecular weight is 641 g/mol. The van der Waals surface area contributed by atoms with Gasteiger partial charge in [0.2, 0.25) is 0 Å². The Kier molecular flexibility index (Phi) is 12.8. The number of hydrogen-bond acceptors (Lipinski definition) is 5. The molecule has 2 aromatic heterocycles. The molecule has 0 aliphatic heterocycles. The minimum absolute atomic E-state index is 0.454. The molecule has 3 N–H and O–H groups in total. The van der Waals surface area contributed by atoms with Crippen LogP contribution in [0, 0.1) is 25.9 Å². The average Bonchev–Trinajstić information content (AvgIpc) is 3.26. The summed E-state index contributed by atoms with van der Waals surface area (Å²) < 4.78 is 6.31. The zero-order valence-corrected chi connectivity index (χ0v) is 25.6. The molecular weight excluding hydrogens is 608 g/mol. The summed E-state index contributed by atoms with van der Waals surface area (Å²) >= 11 is 2.32. The number of aromatic nitrogens is 3. The van der Waals surface area contributed by atoms with Crippen molar-refractivity contribution in [3.05, 3.63) is 82.8 Å². The summed E-state index contributed by atoms with van der Waals surface area (Å²) in [5, 5.41) is 9.13. The highest BCUT2D eigenvalue weighted by Crippen LogP contribution is 2.33. The molecule has 0 saturated carbocycles. The number of carbonyl (C=O) groups is 1. The maximum atomic E-state index is 11.7. The van der Waals surface area contributed by atoms with E-state index in [1.54, 1.807) is 19.1 Å². The molecule has 0 spiro atoms. The van der Waals surface area contributed by atoms with Crippen LogP contribution in [0.1, 0.15) is 53.8 Å². The first-order chi connectivity index (χ1) is 18.4. The lowest BCUT2D eigenvalue weighted by Crippen LogP contribution is -2.13. The van der Waals surface area contributed by atoms with Gasteiger partial charge in [0.1, 0.15) is 6.11 Å². The Morgan fingerprint density at radius 3 is 2.47 bits per heavy atom. The van der Waals surface area contributed by atoms with E-state index in [2.05, 4.69) is 68.2 Å². The zero-order chi connectivity index (χ0) is 28.1. The quantitative estimate of drug-likeness (QED) is 0.129. The van der Waals surface area contributed by atoms with E-state index >= 15 is 0 Å². The molecule has 2 aromatic carbocycles. The van der Waals surface area contributed by atoms with E-state index in [1.165, 1.54) is 12.7 Å². The SMILES string of the molecule is CC.CC#COC.Cc1cc(C)nc(/C=C/c2nn(PI)c3cc(Nc4ccccc4C(N)=O)ccc23)c1. The predicted molar refractivity (Wildman–Crippen MR) is 170 cm³/mol. The van der Waals surface area contributed by atoms with Crippen molar-refractivity contribution in [1.82, 2.24) is 14.5 Å². The number of anilines is 2. The van der Waals surface area contributed by atoms with Crippen LogP contribution in [0.2, 0.25) is 0 Å². The molecular formula is C29H33IN5O2P. The van der Waals surface area contributed by atoms with Crippen molar-refractivity contribution >= 4 is 68.8 Å². The molecule has 0 aliphatic carbocycles. The molecule has 0 bridgehead atoms. The number of nitrogens with zero attached hydrogens (tertiary/aromatic N) is 3. The van der Waals surface area contributed by atoms with Gasteiger partial charge in [-0.2, -0.15) is 5.10 Å². The third-order valence-corrected chi connectivity index (χ3v) is 6.87. The van der Waals surface area contributed by atoms with Crippen molar-refractivity contribution in [3.8, 4) is 12.0 Å². The van der Waals surface area contributed by atoms with Crippen LogP contribution in [0.3, 0.4) is 0 Å². The first-order valence-corrected chi connectivity index (χ1v) is 16.1. The number of para-hydroxylation sites is 1. The van der Waals surface area contributed by atoms with Crippen LogP contribution < -0.4 is 11.1 Å². The largest absolute Gasteiger partial charge is 0.450 e. The van der Waals surface area contributed by atoms with Crippen molar-refractivity contribution in [2.45, 2.75) is 34.6 Å². The Morgan fingerprint density at radius 2 is 1.87 bits per heavy atom. The third kappa shape index (κ3) is 8.57. The van der Waals surface area contributed by atoms with E-state index in [0.717, 1.165) is 33.7 Å². The Labute approximate surface area is 239 Å². The van der Waals surface area contributed by atoms with Crippen LogP contribution in [-0.2, 0) is 4.74 Å². The van der Waals surface area contributed by atoms with Gasteiger partial charge in [-0.25, -0.2) is 4.45 Å². The number of pyridine rings is 1. The Bertz CT molecular complexity index is 1450. The molecule has 1 atom stereocenters. The van der Waals surface area contributed by atoms with Gasteiger partial charge >= 0.3 is 0 Å². The molecule has 9 heteroatoms. The number of fused-ring (bicyclic) bond motifs is 1. The highest BCUT2D eigenvalue weighted by Gasteiger charge is 2.11. The number of hydrogen-bond donors (Lipinski definition) is 2. The van der Waals surface area contributed by atoms with Crippen LogP contribution in [0.4, 0.5) is 11.4 Å². The number of benzene rings is 2. The standard InChI is InChI=1S/C23H21IN5OP.C4H6O.C2H6/c1-14-11-15(2)26-16(12-14)8-10-21-18-9-7-17(13-22(18)29(28-21)31-24)27-20-6-4-3-5-19(20)23(25)30;1-3-4-5-2;1-2/h3-13,27,31H,1-2H3,(H2,25,30);1-2H3;1-2H3/b10-8+;;. The minimum Gasteiger partial charge on any atom is -0.450 e. The van der Waals surface area contributed by atoms with Gasteiger partial charge in [0.15, 0.2) is 0 Å². The van der Waals surface area contributed by atoms with E-state index in [4.69, 9.17) is 10.8 Å². The second-order valence-corrected chi connectivity index (χ2v) is 9.79.